The minimum atomic E-state index is -3.71. The molecule has 2 heterocycles. The maximum atomic E-state index is 12.3. The van der Waals surface area contributed by atoms with Crippen molar-refractivity contribution in [3.05, 3.63) is 20.7 Å². The van der Waals surface area contributed by atoms with E-state index >= 15 is 0 Å². The minimum absolute atomic E-state index is 0.00683. The van der Waals surface area contributed by atoms with Crippen LogP contribution in [0.1, 0.15) is 22.9 Å². The summed E-state index contributed by atoms with van der Waals surface area (Å²) in [6.07, 6.45) is 1.71. The Morgan fingerprint density at radius 3 is 2.68 bits per heavy atom. The van der Waals surface area contributed by atoms with E-state index in [-0.39, 0.29) is 9.63 Å². The summed E-state index contributed by atoms with van der Waals surface area (Å²) in [6, 6.07) is -0.412. The summed E-state index contributed by atoms with van der Waals surface area (Å²) in [6.45, 7) is 3.66. The summed E-state index contributed by atoms with van der Waals surface area (Å²) in [5.74, 6) is 0. The van der Waals surface area contributed by atoms with Crippen molar-refractivity contribution < 1.29 is 8.42 Å². The average Bonchev–Trinajstić information content (AvgIpc) is 2.85. The Labute approximate surface area is 123 Å². The van der Waals surface area contributed by atoms with Gasteiger partial charge in [-0.25, -0.2) is 22.8 Å². The SMILES string of the molecule is Cc1cnc(C(C)NS(=O)(=O)c2c(Br)nnn2C)s1. The molecule has 2 aromatic heterocycles. The van der Waals surface area contributed by atoms with Gasteiger partial charge in [-0.1, -0.05) is 5.21 Å². The molecule has 0 saturated heterocycles. The smallest absolute Gasteiger partial charge is 0.248 e. The predicted molar refractivity (Wildman–Crippen MR) is 74.3 cm³/mol. The highest BCUT2D eigenvalue weighted by atomic mass is 79.9. The molecule has 104 valence electrons. The molecule has 2 rings (SSSR count). The third kappa shape index (κ3) is 3.02. The first kappa shape index (κ1) is 14.6. The van der Waals surface area contributed by atoms with Crippen LogP contribution in [0.2, 0.25) is 0 Å². The highest BCUT2D eigenvalue weighted by Gasteiger charge is 2.26. The minimum Gasteiger partial charge on any atom is -0.248 e. The number of nitrogens with zero attached hydrogens (tertiary/aromatic N) is 4. The molecule has 0 saturated carbocycles. The fourth-order valence-electron chi connectivity index (χ4n) is 1.52. The van der Waals surface area contributed by atoms with E-state index in [1.165, 1.54) is 23.1 Å². The Hall–Kier alpha value is -0.840. The van der Waals surface area contributed by atoms with Gasteiger partial charge in [-0.3, -0.25) is 0 Å². The molecule has 0 radical (unpaired) electrons. The molecule has 19 heavy (non-hydrogen) atoms. The molecule has 0 aliphatic rings. The lowest BCUT2D eigenvalue weighted by atomic mass is 10.4. The first-order valence-electron chi connectivity index (χ1n) is 5.31. The molecule has 0 aliphatic carbocycles. The number of sulfonamides is 1. The second-order valence-electron chi connectivity index (χ2n) is 3.96. The van der Waals surface area contributed by atoms with E-state index in [1.54, 1.807) is 13.1 Å². The summed E-state index contributed by atoms with van der Waals surface area (Å²) in [7, 11) is -2.19. The lowest BCUT2D eigenvalue weighted by Crippen LogP contribution is -2.28. The van der Waals surface area contributed by atoms with Gasteiger partial charge in [-0.15, -0.1) is 16.4 Å². The van der Waals surface area contributed by atoms with Crippen molar-refractivity contribution in [1.82, 2.24) is 24.7 Å². The number of nitrogens with one attached hydrogen (secondary N) is 1. The fourth-order valence-corrected chi connectivity index (χ4v) is 4.67. The predicted octanol–water partition coefficient (Wildman–Crippen LogP) is 1.38. The topological polar surface area (TPSA) is 89.8 Å². The van der Waals surface area contributed by atoms with Crippen molar-refractivity contribution >= 4 is 37.3 Å². The van der Waals surface area contributed by atoms with Gasteiger partial charge in [0.05, 0.1) is 6.04 Å². The van der Waals surface area contributed by atoms with E-state index < -0.39 is 16.1 Å². The highest BCUT2D eigenvalue weighted by Crippen LogP contribution is 2.23. The third-order valence-electron chi connectivity index (χ3n) is 2.33. The van der Waals surface area contributed by atoms with Crippen LogP contribution in [0.4, 0.5) is 0 Å². The summed E-state index contributed by atoms with van der Waals surface area (Å²) in [4.78, 5) is 5.20. The summed E-state index contributed by atoms with van der Waals surface area (Å²) in [5, 5.41) is 8.03. The molecule has 10 heteroatoms. The second kappa shape index (κ2) is 5.27. The Morgan fingerprint density at radius 2 is 2.21 bits per heavy atom. The third-order valence-corrected chi connectivity index (χ3v) is 5.86. The molecule has 2 aromatic rings. The van der Waals surface area contributed by atoms with Gasteiger partial charge in [0.25, 0.3) is 10.0 Å². The molecule has 7 nitrogen and oxygen atoms in total. The standard InChI is InChI=1S/C9H12BrN5O2S2/c1-5-4-11-8(18-5)6(2)13-19(16,17)9-7(10)12-14-15(9)3/h4,6,13H,1-3H3. The Bertz CT molecular complexity index is 674. The van der Waals surface area contributed by atoms with Gasteiger partial charge in [0.2, 0.25) is 5.03 Å². The van der Waals surface area contributed by atoms with Crippen LogP contribution in [0.25, 0.3) is 0 Å². The molecule has 1 N–H and O–H groups in total. The molecular weight excluding hydrogens is 354 g/mol. The maximum absolute atomic E-state index is 12.3. The van der Waals surface area contributed by atoms with Crippen molar-refractivity contribution in [1.29, 1.82) is 0 Å². The van der Waals surface area contributed by atoms with E-state index in [9.17, 15) is 8.42 Å². The molecule has 0 amide bonds. The van der Waals surface area contributed by atoms with Gasteiger partial charge in [0.1, 0.15) is 5.01 Å². The van der Waals surface area contributed by atoms with E-state index in [1.807, 2.05) is 6.92 Å². The molecule has 0 bridgehead atoms. The highest BCUT2D eigenvalue weighted by molar-refractivity contribution is 9.10. The largest absolute Gasteiger partial charge is 0.261 e. The molecule has 0 fully saturated rings. The van der Waals surface area contributed by atoms with Gasteiger partial charge in [0, 0.05) is 18.1 Å². The zero-order valence-corrected chi connectivity index (χ0v) is 13.7. The van der Waals surface area contributed by atoms with Crippen molar-refractivity contribution in [3.8, 4) is 0 Å². The molecule has 0 aliphatic heterocycles. The molecular formula is C9H12BrN5O2S2. The van der Waals surface area contributed by atoms with Crippen LogP contribution in [0.15, 0.2) is 15.8 Å². The van der Waals surface area contributed by atoms with E-state index in [4.69, 9.17) is 0 Å². The van der Waals surface area contributed by atoms with Crippen LogP contribution >= 0.6 is 27.3 Å². The summed E-state index contributed by atoms with van der Waals surface area (Å²) >= 11 is 4.53. The van der Waals surface area contributed by atoms with Gasteiger partial charge in [0.15, 0.2) is 4.60 Å². The van der Waals surface area contributed by atoms with Crippen molar-refractivity contribution in [2.45, 2.75) is 24.9 Å². The second-order valence-corrected chi connectivity index (χ2v) is 7.61. The Balaban J connectivity index is 2.27. The maximum Gasteiger partial charge on any atom is 0.261 e. The Morgan fingerprint density at radius 1 is 1.53 bits per heavy atom. The summed E-state index contributed by atoms with van der Waals surface area (Å²) in [5.41, 5.74) is 0. The number of rotatable bonds is 4. The van der Waals surface area contributed by atoms with Crippen LogP contribution in [0, 0.1) is 6.92 Å². The number of thiazole rings is 1. The quantitative estimate of drug-likeness (QED) is 0.883. The number of aryl methyl sites for hydroxylation is 2. The van der Waals surface area contributed by atoms with Gasteiger partial charge < -0.3 is 0 Å². The van der Waals surface area contributed by atoms with Crippen LogP contribution in [-0.4, -0.2) is 28.4 Å². The van der Waals surface area contributed by atoms with Crippen molar-refractivity contribution in [3.63, 3.8) is 0 Å². The van der Waals surface area contributed by atoms with E-state index in [0.717, 1.165) is 4.88 Å². The normalized spacial score (nSPS) is 13.7. The summed E-state index contributed by atoms with van der Waals surface area (Å²) < 4.78 is 28.5. The molecule has 0 aromatic carbocycles. The van der Waals surface area contributed by atoms with Crippen molar-refractivity contribution in [2.75, 3.05) is 0 Å². The number of hydrogen-bond donors (Lipinski definition) is 1. The zero-order valence-electron chi connectivity index (χ0n) is 10.5. The van der Waals surface area contributed by atoms with Crippen LogP contribution < -0.4 is 4.72 Å². The molecule has 0 spiro atoms. The van der Waals surface area contributed by atoms with Gasteiger partial charge in [-0.05, 0) is 29.8 Å². The monoisotopic (exact) mass is 365 g/mol. The fraction of sp³-hybridized carbons (Fsp3) is 0.444. The Kier molecular flexibility index (Phi) is 4.04. The van der Waals surface area contributed by atoms with Gasteiger partial charge in [-0.2, -0.15) is 0 Å². The average molecular weight is 366 g/mol. The number of hydrogen-bond acceptors (Lipinski definition) is 6. The number of halogens is 1. The van der Waals surface area contributed by atoms with E-state index in [0.29, 0.717) is 5.01 Å². The van der Waals surface area contributed by atoms with Crippen LogP contribution in [-0.2, 0) is 17.1 Å². The molecule has 1 atom stereocenters. The molecule has 1 unspecified atom stereocenters. The van der Waals surface area contributed by atoms with E-state index in [2.05, 4.69) is 35.9 Å². The zero-order chi connectivity index (χ0) is 14.2. The lowest BCUT2D eigenvalue weighted by Gasteiger charge is -2.11. The lowest BCUT2D eigenvalue weighted by molar-refractivity contribution is 0.547. The van der Waals surface area contributed by atoms with Crippen LogP contribution in [0.3, 0.4) is 0 Å². The first-order chi connectivity index (χ1) is 8.81. The van der Waals surface area contributed by atoms with Gasteiger partial charge >= 0.3 is 0 Å². The number of aromatic nitrogens is 4. The van der Waals surface area contributed by atoms with Crippen LogP contribution in [0.5, 0.6) is 0 Å². The first-order valence-corrected chi connectivity index (χ1v) is 8.40. The van der Waals surface area contributed by atoms with Crippen molar-refractivity contribution in [2.24, 2.45) is 7.05 Å².